The Morgan fingerprint density at radius 3 is 2.56 bits per heavy atom. The molecule has 0 atom stereocenters. The fourth-order valence-corrected chi connectivity index (χ4v) is 1.17. The molecule has 0 bridgehead atoms. The predicted octanol–water partition coefficient (Wildman–Crippen LogP) is 2.24. The van der Waals surface area contributed by atoms with Crippen LogP contribution in [-0.2, 0) is 0 Å². The lowest BCUT2D eigenvalue weighted by atomic mass is 10.3. The largest absolute Gasteiger partial charge is 0.331 e. The van der Waals surface area contributed by atoms with Gasteiger partial charge in [0.1, 0.15) is 23.6 Å². The van der Waals surface area contributed by atoms with E-state index in [2.05, 4.69) is 10.3 Å². The SMILES string of the molecule is O=C(Nc1c(F)cccc1F)n1ccnc1. The van der Waals surface area contributed by atoms with Gasteiger partial charge in [-0.05, 0) is 12.1 Å². The van der Waals surface area contributed by atoms with E-state index in [1.54, 1.807) is 0 Å². The number of halogens is 2. The van der Waals surface area contributed by atoms with Gasteiger partial charge in [-0.15, -0.1) is 0 Å². The van der Waals surface area contributed by atoms with Crippen LogP contribution in [0.1, 0.15) is 0 Å². The number of nitrogens with one attached hydrogen (secondary N) is 1. The summed E-state index contributed by atoms with van der Waals surface area (Å²) in [6, 6.07) is 2.66. The Balaban J connectivity index is 2.25. The summed E-state index contributed by atoms with van der Waals surface area (Å²) in [5, 5.41) is 2.11. The maximum atomic E-state index is 13.2. The van der Waals surface area contributed by atoms with E-state index in [0.717, 1.165) is 16.7 Å². The van der Waals surface area contributed by atoms with Crippen molar-refractivity contribution in [2.45, 2.75) is 0 Å². The van der Waals surface area contributed by atoms with Gasteiger partial charge in [-0.25, -0.2) is 18.6 Å². The first kappa shape index (κ1) is 10.3. The average molecular weight is 223 g/mol. The van der Waals surface area contributed by atoms with Gasteiger partial charge in [0.15, 0.2) is 0 Å². The zero-order chi connectivity index (χ0) is 11.5. The third-order valence-electron chi connectivity index (χ3n) is 1.93. The Hall–Kier alpha value is -2.24. The first-order valence-corrected chi connectivity index (χ1v) is 4.42. The van der Waals surface area contributed by atoms with E-state index < -0.39 is 23.4 Å². The number of rotatable bonds is 1. The molecule has 1 amide bonds. The fraction of sp³-hybridized carbons (Fsp3) is 0. The van der Waals surface area contributed by atoms with E-state index in [9.17, 15) is 13.6 Å². The van der Waals surface area contributed by atoms with E-state index in [1.807, 2.05) is 0 Å². The van der Waals surface area contributed by atoms with Gasteiger partial charge in [-0.2, -0.15) is 0 Å². The molecule has 6 heteroatoms. The van der Waals surface area contributed by atoms with Gasteiger partial charge in [0, 0.05) is 12.4 Å². The van der Waals surface area contributed by atoms with Crippen molar-refractivity contribution in [1.29, 1.82) is 0 Å². The molecule has 0 spiro atoms. The minimum Gasteiger partial charge on any atom is -0.302 e. The summed E-state index contributed by atoms with van der Waals surface area (Å²) >= 11 is 0. The minimum atomic E-state index is -0.825. The summed E-state index contributed by atoms with van der Waals surface area (Å²) in [7, 11) is 0. The van der Waals surface area contributed by atoms with E-state index in [0.29, 0.717) is 0 Å². The highest BCUT2D eigenvalue weighted by molar-refractivity contribution is 5.91. The summed E-state index contributed by atoms with van der Waals surface area (Å²) < 4.78 is 27.4. The monoisotopic (exact) mass is 223 g/mol. The number of hydrogen-bond acceptors (Lipinski definition) is 2. The Kier molecular flexibility index (Phi) is 2.63. The molecule has 2 aromatic rings. The maximum Gasteiger partial charge on any atom is 0.331 e. The van der Waals surface area contributed by atoms with Crippen molar-refractivity contribution in [2.75, 3.05) is 5.32 Å². The molecule has 0 saturated heterocycles. The Morgan fingerprint density at radius 2 is 2.00 bits per heavy atom. The second kappa shape index (κ2) is 4.09. The van der Waals surface area contributed by atoms with Gasteiger partial charge < -0.3 is 5.32 Å². The summed E-state index contributed by atoms with van der Waals surface area (Å²) in [6.07, 6.45) is 3.99. The number of carbonyl (C=O) groups is 1. The molecule has 1 heterocycles. The molecule has 1 aromatic carbocycles. The van der Waals surface area contributed by atoms with Gasteiger partial charge >= 0.3 is 6.03 Å². The average Bonchev–Trinajstić information content (AvgIpc) is 2.76. The molecule has 4 nitrogen and oxygen atoms in total. The van der Waals surface area contributed by atoms with Crippen LogP contribution in [0.25, 0.3) is 0 Å². The highest BCUT2D eigenvalue weighted by Crippen LogP contribution is 2.17. The molecule has 0 aliphatic heterocycles. The lowest BCUT2D eigenvalue weighted by Crippen LogP contribution is -2.19. The first-order chi connectivity index (χ1) is 7.68. The number of hydrogen-bond donors (Lipinski definition) is 1. The fourth-order valence-electron chi connectivity index (χ4n) is 1.17. The summed E-state index contributed by atoms with van der Waals surface area (Å²) in [4.78, 5) is 15.1. The van der Waals surface area contributed by atoms with Crippen LogP contribution in [0.2, 0.25) is 0 Å². The third kappa shape index (κ3) is 1.90. The molecular formula is C10H7F2N3O. The molecule has 0 saturated carbocycles. The number of nitrogens with zero attached hydrogens (tertiary/aromatic N) is 2. The van der Waals surface area contributed by atoms with Crippen LogP contribution < -0.4 is 5.32 Å². The van der Waals surface area contributed by atoms with Crippen LogP contribution in [0.15, 0.2) is 36.9 Å². The Morgan fingerprint density at radius 1 is 1.31 bits per heavy atom. The van der Waals surface area contributed by atoms with E-state index in [1.165, 1.54) is 24.8 Å². The molecule has 0 radical (unpaired) electrons. The number of benzene rings is 1. The minimum absolute atomic E-state index is 0.471. The van der Waals surface area contributed by atoms with E-state index in [4.69, 9.17) is 0 Å². The lowest BCUT2D eigenvalue weighted by molar-refractivity contribution is 0.253. The molecular weight excluding hydrogens is 216 g/mol. The Bertz CT molecular complexity index is 491. The van der Waals surface area contributed by atoms with Crippen molar-refractivity contribution in [3.8, 4) is 0 Å². The zero-order valence-corrected chi connectivity index (χ0v) is 8.02. The number of anilines is 1. The molecule has 0 aliphatic rings. The summed E-state index contributed by atoms with van der Waals surface area (Å²) in [5.41, 5.74) is -0.471. The second-order valence-corrected chi connectivity index (χ2v) is 3.00. The summed E-state index contributed by atoms with van der Waals surface area (Å²) in [6.45, 7) is 0. The van der Waals surface area contributed by atoms with Crippen molar-refractivity contribution in [1.82, 2.24) is 9.55 Å². The molecule has 0 fully saturated rings. The van der Waals surface area contributed by atoms with Gasteiger partial charge in [0.2, 0.25) is 0 Å². The van der Waals surface area contributed by atoms with Crippen LogP contribution >= 0.6 is 0 Å². The van der Waals surface area contributed by atoms with Crippen LogP contribution in [0.4, 0.5) is 19.3 Å². The second-order valence-electron chi connectivity index (χ2n) is 3.00. The van der Waals surface area contributed by atoms with Crippen LogP contribution in [0, 0.1) is 11.6 Å². The van der Waals surface area contributed by atoms with Gasteiger partial charge in [-0.1, -0.05) is 6.07 Å². The molecule has 1 aromatic heterocycles. The lowest BCUT2D eigenvalue weighted by Gasteiger charge is -2.06. The van der Waals surface area contributed by atoms with Gasteiger partial charge in [0.25, 0.3) is 0 Å². The van der Waals surface area contributed by atoms with Gasteiger partial charge in [-0.3, -0.25) is 4.57 Å². The van der Waals surface area contributed by atoms with Crippen molar-refractivity contribution in [2.24, 2.45) is 0 Å². The Labute approximate surface area is 89.5 Å². The van der Waals surface area contributed by atoms with Crippen molar-refractivity contribution >= 4 is 11.7 Å². The topological polar surface area (TPSA) is 46.9 Å². The molecule has 0 unspecified atom stereocenters. The summed E-state index contributed by atoms with van der Waals surface area (Å²) in [5.74, 6) is -1.65. The highest BCUT2D eigenvalue weighted by atomic mass is 19.1. The van der Waals surface area contributed by atoms with Crippen LogP contribution in [0.3, 0.4) is 0 Å². The highest BCUT2D eigenvalue weighted by Gasteiger charge is 2.12. The number of imidazole rings is 1. The molecule has 2 rings (SSSR count). The first-order valence-electron chi connectivity index (χ1n) is 4.42. The number of carbonyl (C=O) groups excluding carboxylic acids is 1. The molecule has 0 aliphatic carbocycles. The zero-order valence-electron chi connectivity index (χ0n) is 8.02. The molecule has 82 valence electrons. The molecule has 1 N–H and O–H groups in total. The number of para-hydroxylation sites is 1. The quantitative estimate of drug-likeness (QED) is 0.805. The predicted molar refractivity (Wildman–Crippen MR) is 53.0 cm³/mol. The normalized spacial score (nSPS) is 10.1. The van der Waals surface area contributed by atoms with Crippen LogP contribution in [-0.4, -0.2) is 15.6 Å². The van der Waals surface area contributed by atoms with Crippen molar-refractivity contribution in [3.05, 3.63) is 48.6 Å². The standard InChI is InChI=1S/C10H7F2N3O/c11-7-2-1-3-8(12)9(7)14-10(16)15-5-4-13-6-15/h1-6H,(H,14,16). The third-order valence-corrected chi connectivity index (χ3v) is 1.93. The van der Waals surface area contributed by atoms with Crippen LogP contribution in [0.5, 0.6) is 0 Å². The van der Waals surface area contributed by atoms with E-state index >= 15 is 0 Å². The van der Waals surface area contributed by atoms with E-state index in [-0.39, 0.29) is 0 Å². The van der Waals surface area contributed by atoms with Gasteiger partial charge in [0.05, 0.1) is 0 Å². The maximum absolute atomic E-state index is 13.2. The molecule has 16 heavy (non-hydrogen) atoms. The number of aromatic nitrogens is 2. The number of amides is 1. The smallest absolute Gasteiger partial charge is 0.302 e. The van der Waals surface area contributed by atoms with Crippen molar-refractivity contribution in [3.63, 3.8) is 0 Å². The van der Waals surface area contributed by atoms with Crippen molar-refractivity contribution < 1.29 is 13.6 Å².